The van der Waals surface area contributed by atoms with Gasteiger partial charge in [-0.3, -0.25) is 4.79 Å². The lowest BCUT2D eigenvalue weighted by Crippen LogP contribution is -2.24. The summed E-state index contributed by atoms with van der Waals surface area (Å²) in [6, 6.07) is 2.80. The molecule has 2 aromatic heterocycles. The van der Waals surface area contributed by atoms with Crippen LogP contribution in [-0.2, 0) is 6.54 Å². The van der Waals surface area contributed by atoms with Gasteiger partial charge in [-0.05, 0) is 19.1 Å². The van der Waals surface area contributed by atoms with Gasteiger partial charge in [0.05, 0.1) is 6.54 Å². The third kappa shape index (κ3) is 4.99. The van der Waals surface area contributed by atoms with E-state index < -0.39 is 18.6 Å². The van der Waals surface area contributed by atoms with Gasteiger partial charge in [0.25, 0.3) is 5.91 Å². The lowest BCUT2D eigenvalue weighted by Gasteiger charge is -2.11. The first-order valence-corrected chi connectivity index (χ1v) is 7.17. The molecule has 0 aliphatic rings. The van der Waals surface area contributed by atoms with Crippen LogP contribution in [0, 0.1) is 6.92 Å². The zero-order valence-corrected chi connectivity index (χ0v) is 12.4. The second-order valence-corrected chi connectivity index (χ2v) is 5.44. The van der Waals surface area contributed by atoms with E-state index in [1.54, 1.807) is 18.5 Å². The molecule has 118 valence electrons. The second kappa shape index (κ2) is 6.73. The van der Waals surface area contributed by atoms with E-state index in [1.165, 1.54) is 23.5 Å². The Morgan fingerprint density at radius 3 is 2.77 bits per heavy atom. The van der Waals surface area contributed by atoms with Crippen LogP contribution >= 0.6 is 11.3 Å². The van der Waals surface area contributed by atoms with Crippen LogP contribution < -0.4 is 10.6 Å². The van der Waals surface area contributed by atoms with Crippen molar-refractivity contribution < 1.29 is 18.0 Å². The number of nitrogens with zero attached hydrogens (tertiary/aromatic N) is 2. The number of alkyl halides is 3. The van der Waals surface area contributed by atoms with Crippen molar-refractivity contribution in [1.29, 1.82) is 0 Å². The van der Waals surface area contributed by atoms with Gasteiger partial charge >= 0.3 is 6.18 Å². The number of anilines is 1. The Labute approximate surface area is 128 Å². The Kier molecular flexibility index (Phi) is 4.96. The van der Waals surface area contributed by atoms with Crippen molar-refractivity contribution in [1.82, 2.24) is 15.3 Å². The molecule has 2 aromatic rings. The molecule has 1 amide bonds. The summed E-state index contributed by atoms with van der Waals surface area (Å²) in [5.74, 6) is -0.382. The smallest absolute Gasteiger partial charge is 0.361 e. The SMILES string of the molecule is Cc1cc(C(=O)NCc2nccs2)cc(NCC(F)(F)F)n1. The number of aromatic nitrogens is 2. The van der Waals surface area contributed by atoms with Crippen LogP contribution in [0.3, 0.4) is 0 Å². The van der Waals surface area contributed by atoms with Crippen LogP contribution in [-0.4, -0.2) is 28.6 Å². The quantitative estimate of drug-likeness (QED) is 0.885. The maximum atomic E-state index is 12.2. The minimum Gasteiger partial charge on any atom is -0.361 e. The molecule has 0 aromatic carbocycles. The van der Waals surface area contributed by atoms with Gasteiger partial charge in [-0.25, -0.2) is 9.97 Å². The van der Waals surface area contributed by atoms with E-state index >= 15 is 0 Å². The fraction of sp³-hybridized carbons (Fsp3) is 0.308. The van der Waals surface area contributed by atoms with Gasteiger partial charge in [0.15, 0.2) is 0 Å². The lowest BCUT2D eigenvalue weighted by atomic mass is 10.2. The minimum atomic E-state index is -4.35. The van der Waals surface area contributed by atoms with E-state index in [9.17, 15) is 18.0 Å². The molecule has 2 N–H and O–H groups in total. The first kappa shape index (κ1) is 16.2. The maximum absolute atomic E-state index is 12.2. The van der Waals surface area contributed by atoms with Crippen molar-refractivity contribution in [2.45, 2.75) is 19.6 Å². The van der Waals surface area contributed by atoms with E-state index in [1.807, 2.05) is 0 Å². The fourth-order valence-electron chi connectivity index (χ4n) is 1.68. The number of nitrogens with one attached hydrogen (secondary N) is 2. The molecule has 2 heterocycles. The van der Waals surface area contributed by atoms with Crippen LogP contribution in [0.1, 0.15) is 21.1 Å². The molecule has 22 heavy (non-hydrogen) atoms. The van der Waals surface area contributed by atoms with E-state index in [-0.39, 0.29) is 17.9 Å². The number of carbonyl (C=O) groups is 1. The predicted octanol–water partition coefficient (Wildman–Crippen LogP) is 2.75. The number of hydrogen-bond donors (Lipinski definition) is 2. The zero-order valence-electron chi connectivity index (χ0n) is 11.6. The van der Waals surface area contributed by atoms with E-state index in [0.29, 0.717) is 5.69 Å². The summed E-state index contributed by atoms with van der Waals surface area (Å²) in [5, 5.41) is 7.36. The topological polar surface area (TPSA) is 66.9 Å². The second-order valence-electron chi connectivity index (χ2n) is 4.46. The summed E-state index contributed by atoms with van der Waals surface area (Å²) in [4.78, 5) is 20.0. The molecule has 0 unspecified atom stereocenters. The molecule has 2 rings (SSSR count). The molecular formula is C13H13F3N4OS. The summed E-state index contributed by atoms with van der Waals surface area (Å²) in [5.41, 5.74) is 0.695. The van der Waals surface area contributed by atoms with Crippen LogP contribution in [0.15, 0.2) is 23.7 Å². The number of hydrogen-bond acceptors (Lipinski definition) is 5. The van der Waals surface area contributed by atoms with Crippen LogP contribution in [0.4, 0.5) is 19.0 Å². The Hall–Kier alpha value is -2.16. The highest BCUT2D eigenvalue weighted by Crippen LogP contribution is 2.17. The summed E-state index contributed by atoms with van der Waals surface area (Å²) in [6.45, 7) is 0.670. The van der Waals surface area contributed by atoms with E-state index in [0.717, 1.165) is 5.01 Å². The van der Waals surface area contributed by atoms with Crippen LogP contribution in [0.5, 0.6) is 0 Å². The highest BCUT2D eigenvalue weighted by Gasteiger charge is 2.27. The third-order valence-corrected chi connectivity index (χ3v) is 3.35. The Morgan fingerprint density at radius 2 is 2.14 bits per heavy atom. The molecule has 5 nitrogen and oxygen atoms in total. The number of pyridine rings is 1. The number of amides is 1. The molecule has 0 aliphatic carbocycles. The molecule has 0 fully saturated rings. The number of thiazole rings is 1. The number of rotatable bonds is 5. The summed E-state index contributed by atoms with van der Waals surface area (Å²) in [6.07, 6.45) is -2.72. The first-order chi connectivity index (χ1) is 10.3. The summed E-state index contributed by atoms with van der Waals surface area (Å²) >= 11 is 1.40. The molecule has 9 heteroatoms. The van der Waals surface area contributed by atoms with Gasteiger partial charge in [-0.15, -0.1) is 11.3 Å². The lowest BCUT2D eigenvalue weighted by molar-refractivity contribution is -0.115. The van der Waals surface area contributed by atoms with Gasteiger partial charge < -0.3 is 10.6 Å². The average molecular weight is 330 g/mol. The largest absolute Gasteiger partial charge is 0.405 e. The summed E-state index contributed by atoms with van der Waals surface area (Å²) < 4.78 is 36.6. The van der Waals surface area contributed by atoms with Crippen molar-refractivity contribution in [3.63, 3.8) is 0 Å². The minimum absolute atomic E-state index is 0.0109. The van der Waals surface area contributed by atoms with Crippen LogP contribution in [0.25, 0.3) is 0 Å². The fourth-order valence-corrected chi connectivity index (χ4v) is 2.24. The Balaban J connectivity index is 2.03. The maximum Gasteiger partial charge on any atom is 0.405 e. The predicted molar refractivity (Wildman–Crippen MR) is 76.8 cm³/mol. The third-order valence-electron chi connectivity index (χ3n) is 2.57. The van der Waals surface area contributed by atoms with Gasteiger partial charge in [0, 0.05) is 22.8 Å². The van der Waals surface area contributed by atoms with Gasteiger partial charge in [0.1, 0.15) is 17.4 Å². The highest BCUT2D eigenvalue weighted by molar-refractivity contribution is 7.09. The van der Waals surface area contributed by atoms with E-state index in [4.69, 9.17) is 0 Å². The van der Waals surface area contributed by atoms with Gasteiger partial charge in [0.2, 0.25) is 0 Å². The molecule has 0 spiro atoms. The van der Waals surface area contributed by atoms with Crippen molar-refractivity contribution >= 4 is 23.1 Å². The van der Waals surface area contributed by atoms with Crippen molar-refractivity contribution in [2.75, 3.05) is 11.9 Å². The molecule has 0 bridgehead atoms. The first-order valence-electron chi connectivity index (χ1n) is 6.29. The Bertz CT molecular complexity index is 643. The number of halogens is 3. The normalized spacial score (nSPS) is 11.3. The molecular weight excluding hydrogens is 317 g/mol. The van der Waals surface area contributed by atoms with Crippen molar-refractivity contribution in [2.24, 2.45) is 0 Å². The molecule has 0 aliphatic heterocycles. The molecule has 0 atom stereocenters. The van der Waals surface area contributed by atoms with Crippen molar-refractivity contribution in [3.8, 4) is 0 Å². The zero-order chi connectivity index (χ0) is 16.2. The summed E-state index contributed by atoms with van der Waals surface area (Å²) in [7, 11) is 0. The average Bonchev–Trinajstić information content (AvgIpc) is 2.94. The monoisotopic (exact) mass is 330 g/mol. The number of aryl methyl sites for hydroxylation is 1. The number of carbonyl (C=O) groups excluding carboxylic acids is 1. The molecule has 0 saturated carbocycles. The molecule has 0 saturated heterocycles. The van der Waals surface area contributed by atoms with Gasteiger partial charge in [-0.1, -0.05) is 0 Å². The van der Waals surface area contributed by atoms with Crippen molar-refractivity contribution in [3.05, 3.63) is 40.0 Å². The van der Waals surface area contributed by atoms with Gasteiger partial charge in [-0.2, -0.15) is 13.2 Å². The standard InChI is InChI=1S/C13H13F3N4OS/c1-8-4-9(5-10(20-8)19-7-13(14,15)16)12(21)18-6-11-17-2-3-22-11/h2-5H,6-7H2,1H3,(H,18,21)(H,19,20). The highest BCUT2D eigenvalue weighted by atomic mass is 32.1. The van der Waals surface area contributed by atoms with E-state index in [2.05, 4.69) is 20.6 Å². The Morgan fingerprint density at radius 1 is 1.36 bits per heavy atom. The van der Waals surface area contributed by atoms with Crippen LogP contribution in [0.2, 0.25) is 0 Å². The molecule has 0 radical (unpaired) electrons.